The lowest BCUT2D eigenvalue weighted by Gasteiger charge is -2.14. The first-order valence-electron chi connectivity index (χ1n) is 8.36. The molecule has 1 aromatic heterocycles. The van der Waals surface area contributed by atoms with E-state index >= 15 is 0 Å². The quantitative estimate of drug-likeness (QED) is 0.396. The molecule has 2 aromatic rings. The van der Waals surface area contributed by atoms with Gasteiger partial charge in [-0.05, 0) is 32.9 Å². The Kier molecular flexibility index (Phi) is 7.42. The van der Waals surface area contributed by atoms with Crippen molar-refractivity contribution in [2.24, 2.45) is 5.10 Å². The van der Waals surface area contributed by atoms with Crippen LogP contribution in [-0.2, 0) is 4.74 Å². The molecule has 9 heteroatoms. The van der Waals surface area contributed by atoms with E-state index in [1.807, 2.05) is 6.92 Å². The van der Waals surface area contributed by atoms with Crippen LogP contribution < -0.4 is 19.6 Å². The summed E-state index contributed by atoms with van der Waals surface area (Å²) < 4.78 is 21.3. The van der Waals surface area contributed by atoms with E-state index in [2.05, 4.69) is 15.5 Å². The summed E-state index contributed by atoms with van der Waals surface area (Å²) in [5.74, 6) is 1.26. The maximum absolute atomic E-state index is 11.8. The van der Waals surface area contributed by atoms with Gasteiger partial charge in [-0.3, -0.25) is 5.43 Å². The number of carbonyl (C=O) groups is 1. The molecule has 0 spiro atoms. The van der Waals surface area contributed by atoms with Gasteiger partial charge in [-0.2, -0.15) is 5.10 Å². The number of ether oxygens (including phenoxy) is 4. The van der Waals surface area contributed by atoms with Gasteiger partial charge in [0.15, 0.2) is 11.5 Å². The second-order valence-electron chi connectivity index (χ2n) is 5.21. The molecule has 146 valence electrons. The third kappa shape index (κ3) is 5.10. The number of hydrogen-bond acceptors (Lipinski definition) is 9. The Bertz CT molecular complexity index is 794. The number of carbonyl (C=O) groups excluding carboxylic acids is 1. The van der Waals surface area contributed by atoms with Crippen LogP contribution in [0.4, 0.5) is 5.13 Å². The van der Waals surface area contributed by atoms with Crippen molar-refractivity contribution in [3.05, 3.63) is 28.3 Å². The fraction of sp³-hybridized carbons (Fsp3) is 0.389. The highest BCUT2D eigenvalue weighted by atomic mass is 32.1. The molecule has 0 saturated carbocycles. The smallest absolute Gasteiger partial charge is 0.350 e. The zero-order chi connectivity index (χ0) is 19.8. The Balaban J connectivity index is 2.16. The zero-order valence-electron chi connectivity index (χ0n) is 16.0. The molecule has 1 heterocycles. The zero-order valence-corrected chi connectivity index (χ0v) is 16.8. The molecule has 1 N–H and O–H groups in total. The summed E-state index contributed by atoms with van der Waals surface area (Å²) in [5.41, 5.74) is 4.17. The Hall–Kier alpha value is -2.81. The molecule has 0 amide bonds. The highest BCUT2D eigenvalue weighted by Crippen LogP contribution is 2.38. The van der Waals surface area contributed by atoms with Crippen LogP contribution in [-0.4, -0.2) is 44.6 Å². The van der Waals surface area contributed by atoms with Crippen LogP contribution in [0.25, 0.3) is 0 Å². The molecule has 0 atom stereocenters. The summed E-state index contributed by atoms with van der Waals surface area (Å²) in [5, 5.41) is 4.66. The number of thiazole rings is 1. The van der Waals surface area contributed by atoms with Gasteiger partial charge in [-0.15, -0.1) is 0 Å². The molecule has 0 aliphatic rings. The first kappa shape index (κ1) is 20.5. The SMILES string of the molecule is CCOC(=O)c1sc(N/N=C\c2cc(OC)c(OCC)c(OC)c2)nc1C. The standard InChI is InChI=1S/C18H23N3O5S/c1-6-25-15-13(23-4)8-12(9-14(15)24-5)10-19-21-18-20-11(3)16(27-18)17(22)26-7-2/h8-10H,6-7H2,1-5H3,(H,20,21)/b19-10-. The number of esters is 1. The van der Waals surface area contributed by atoms with Crippen LogP contribution in [0.2, 0.25) is 0 Å². The largest absolute Gasteiger partial charge is 0.493 e. The number of nitrogens with zero attached hydrogens (tertiary/aromatic N) is 2. The van der Waals surface area contributed by atoms with Gasteiger partial charge < -0.3 is 18.9 Å². The lowest BCUT2D eigenvalue weighted by Crippen LogP contribution is -2.03. The fourth-order valence-electron chi connectivity index (χ4n) is 2.25. The minimum absolute atomic E-state index is 0.318. The molecular weight excluding hydrogens is 370 g/mol. The number of anilines is 1. The predicted octanol–water partition coefficient (Wildman–Crippen LogP) is 3.49. The van der Waals surface area contributed by atoms with Crippen molar-refractivity contribution in [2.75, 3.05) is 32.9 Å². The molecule has 0 unspecified atom stereocenters. The van der Waals surface area contributed by atoms with Crippen molar-refractivity contribution in [1.29, 1.82) is 0 Å². The van der Waals surface area contributed by atoms with Gasteiger partial charge in [0.1, 0.15) is 4.88 Å². The van der Waals surface area contributed by atoms with Crippen LogP contribution in [0.1, 0.15) is 34.8 Å². The van der Waals surface area contributed by atoms with Crippen molar-refractivity contribution >= 4 is 28.7 Å². The number of methoxy groups -OCH3 is 2. The molecule has 0 aliphatic heterocycles. The average molecular weight is 393 g/mol. The Morgan fingerprint density at radius 1 is 1.22 bits per heavy atom. The van der Waals surface area contributed by atoms with Crippen molar-refractivity contribution in [2.45, 2.75) is 20.8 Å². The molecule has 0 aliphatic carbocycles. The Morgan fingerprint density at radius 2 is 1.89 bits per heavy atom. The summed E-state index contributed by atoms with van der Waals surface area (Å²) in [4.78, 5) is 16.6. The highest BCUT2D eigenvalue weighted by molar-refractivity contribution is 7.17. The molecule has 1 aromatic carbocycles. The van der Waals surface area contributed by atoms with Crippen LogP contribution in [0.5, 0.6) is 17.2 Å². The van der Waals surface area contributed by atoms with E-state index in [1.54, 1.807) is 46.4 Å². The van der Waals surface area contributed by atoms with Crippen LogP contribution in [0.3, 0.4) is 0 Å². The van der Waals surface area contributed by atoms with Crippen LogP contribution in [0, 0.1) is 6.92 Å². The van der Waals surface area contributed by atoms with E-state index in [4.69, 9.17) is 18.9 Å². The van der Waals surface area contributed by atoms with E-state index in [0.29, 0.717) is 46.2 Å². The lowest BCUT2D eigenvalue weighted by atomic mass is 10.2. The number of hydrogen-bond donors (Lipinski definition) is 1. The van der Waals surface area contributed by atoms with Gasteiger partial charge in [0, 0.05) is 5.56 Å². The third-order valence-corrected chi connectivity index (χ3v) is 4.44. The van der Waals surface area contributed by atoms with Gasteiger partial charge in [0.25, 0.3) is 0 Å². The molecule has 27 heavy (non-hydrogen) atoms. The summed E-state index contributed by atoms with van der Waals surface area (Å²) >= 11 is 1.19. The number of hydrazone groups is 1. The number of benzene rings is 1. The van der Waals surface area contributed by atoms with Gasteiger partial charge >= 0.3 is 5.97 Å². The Morgan fingerprint density at radius 3 is 2.44 bits per heavy atom. The van der Waals surface area contributed by atoms with Gasteiger partial charge in [-0.25, -0.2) is 9.78 Å². The van der Waals surface area contributed by atoms with Crippen molar-refractivity contribution in [3.63, 3.8) is 0 Å². The third-order valence-electron chi connectivity index (χ3n) is 3.40. The first-order chi connectivity index (χ1) is 13.0. The second kappa shape index (κ2) is 9.77. The number of nitrogens with one attached hydrogen (secondary N) is 1. The van der Waals surface area contributed by atoms with Crippen LogP contribution in [0.15, 0.2) is 17.2 Å². The molecule has 0 fully saturated rings. The van der Waals surface area contributed by atoms with E-state index in [1.165, 1.54) is 11.3 Å². The summed E-state index contributed by atoms with van der Waals surface area (Å²) in [7, 11) is 3.12. The van der Waals surface area contributed by atoms with Gasteiger partial charge in [0.05, 0.1) is 39.3 Å². The fourth-order valence-corrected chi connectivity index (χ4v) is 3.06. The van der Waals surface area contributed by atoms with E-state index in [0.717, 1.165) is 5.56 Å². The van der Waals surface area contributed by atoms with Gasteiger partial charge in [-0.1, -0.05) is 11.3 Å². The maximum Gasteiger partial charge on any atom is 0.350 e. The van der Waals surface area contributed by atoms with E-state index < -0.39 is 0 Å². The molecule has 2 rings (SSSR count). The van der Waals surface area contributed by atoms with Crippen molar-refractivity contribution in [1.82, 2.24) is 4.98 Å². The van der Waals surface area contributed by atoms with Gasteiger partial charge in [0.2, 0.25) is 10.9 Å². The highest BCUT2D eigenvalue weighted by Gasteiger charge is 2.16. The molecule has 0 saturated heterocycles. The summed E-state index contributed by atoms with van der Waals surface area (Å²) in [6.07, 6.45) is 1.60. The monoisotopic (exact) mass is 393 g/mol. The second-order valence-corrected chi connectivity index (χ2v) is 6.21. The molecule has 0 bridgehead atoms. The van der Waals surface area contributed by atoms with Crippen LogP contribution >= 0.6 is 11.3 Å². The van der Waals surface area contributed by atoms with E-state index in [9.17, 15) is 4.79 Å². The van der Waals surface area contributed by atoms with Crippen molar-refractivity contribution < 1.29 is 23.7 Å². The summed E-state index contributed by atoms with van der Waals surface area (Å²) in [6, 6.07) is 3.58. The normalized spacial score (nSPS) is 10.7. The first-order valence-corrected chi connectivity index (χ1v) is 9.18. The molecule has 0 radical (unpaired) electrons. The minimum Gasteiger partial charge on any atom is -0.493 e. The van der Waals surface area contributed by atoms with Crippen molar-refractivity contribution in [3.8, 4) is 17.2 Å². The minimum atomic E-state index is -0.384. The topological polar surface area (TPSA) is 91.3 Å². The maximum atomic E-state index is 11.8. The number of aromatic nitrogens is 1. The molecular formula is C18H23N3O5S. The molecule has 8 nitrogen and oxygen atoms in total. The summed E-state index contributed by atoms with van der Waals surface area (Å²) in [6.45, 7) is 6.21. The Labute approximate surface area is 162 Å². The lowest BCUT2D eigenvalue weighted by molar-refractivity contribution is 0.0531. The number of aryl methyl sites for hydroxylation is 1. The predicted molar refractivity (Wildman–Crippen MR) is 105 cm³/mol. The average Bonchev–Trinajstić information content (AvgIpc) is 3.03. The van der Waals surface area contributed by atoms with E-state index in [-0.39, 0.29) is 5.97 Å². The number of rotatable bonds is 9.